The van der Waals surface area contributed by atoms with Crippen LogP contribution in [0.5, 0.6) is 0 Å². The van der Waals surface area contributed by atoms with Gasteiger partial charge in [-0.2, -0.15) is 0 Å². The predicted octanol–water partition coefficient (Wildman–Crippen LogP) is 1.70. The number of rotatable bonds is 8. The Hall–Kier alpha value is -1.93. The predicted molar refractivity (Wildman–Crippen MR) is 90.3 cm³/mol. The number of nitrogens with one attached hydrogen (secondary N) is 1. The molecule has 0 heterocycles. The van der Waals surface area contributed by atoms with Crippen LogP contribution in [0.25, 0.3) is 0 Å². The molecule has 0 saturated carbocycles. The number of hydrogen-bond acceptors (Lipinski definition) is 4. The molecule has 0 aliphatic rings. The molecule has 2 N–H and O–H groups in total. The van der Waals surface area contributed by atoms with Crippen LogP contribution >= 0.6 is 0 Å². The summed E-state index contributed by atoms with van der Waals surface area (Å²) in [4.78, 5) is 24.6. The number of aliphatic carboxylic acids is 1. The first kappa shape index (κ1) is 20.1. The number of nitrogens with zero attached hydrogens (tertiary/aromatic N) is 1. The van der Waals surface area contributed by atoms with Crippen molar-refractivity contribution in [3.05, 3.63) is 29.8 Å². The van der Waals surface area contributed by atoms with Crippen LogP contribution in [0.2, 0.25) is 0 Å². The molecule has 0 radical (unpaired) electrons. The molecule has 1 amide bonds. The lowest BCUT2D eigenvalue weighted by atomic mass is 10.1. The van der Waals surface area contributed by atoms with Crippen LogP contribution in [-0.4, -0.2) is 48.9 Å². The Labute approximate surface area is 142 Å². The molecule has 1 aromatic carbocycles. The van der Waals surface area contributed by atoms with Gasteiger partial charge in [-0.05, 0) is 51.5 Å². The zero-order chi connectivity index (χ0) is 18.5. The third kappa shape index (κ3) is 5.31. The van der Waals surface area contributed by atoms with Crippen molar-refractivity contribution < 1.29 is 23.1 Å². The molecular weight excluding hydrogens is 332 g/mol. The number of carboxylic acid groups (broad SMARTS) is 1. The van der Waals surface area contributed by atoms with E-state index >= 15 is 0 Å². The van der Waals surface area contributed by atoms with Gasteiger partial charge in [0.2, 0.25) is 10.0 Å². The lowest BCUT2D eigenvalue weighted by molar-refractivity contribution is -0.138. The summed E-state index contributed by atoms with van der Waals surface area (Å²) in [6, 6.07) is 5.00. The molecule has 0 saturated heterocycles. The summed E-state index contributed by atoms with van der Waals surface area (Å²) in [5.74, 6) is -1.56. The van der Waals surface area contributed by atoms with Gasteiger partial charge < -0.3 is 10.0 Å². The first-order valence-electron chi connectivity index (χ1n) is 7.73. The van der Waals surface area contributed by atoms with Gasteiger partial charge in [0.05, 0.1) is 4.90 Å². The molecule has 7 nitrogen and oxygen atoms in total. The Morgan fingerprint density at radius 2 is 1.71 bits per heavy atom. The number of carbonyl (C=O) groups excluding carboxylic acids is 1. The molecule has 134 valence electrons. The molecular formula is C16H24N2O5S. The van der Waals surface area contributed by atoms with E-state index in [1.165, 1.54) is 29.2 Å². The van der Waals surface area contributed by atoms with Crippen LogP contribution < -0.4 is 4.72 Å². The number of carboxylic acids is 1. The maximum absolute atomic E-state index is 12.4. The smallest absolute Gasteiger partial charge is 0.323 e. The van der Waals surface area contributed by atoms with Crippen molar-refractivity contribution in [3.8, 4) is 0 Å². The first-order valence-corrected chi connectivity index (χ1v) is 9.22. The first-order chi connectivity index (χ1) is 11.1. The molecule has 0 fully saturated rings. The normalized spacial score (nSPS) is 12.9. The van der Waals surface area contributed by atoms with Crippen LogP contribution in [0.4, 0.5) is 0 Å². The maximum Gasteiger partial charge on any atom is 0.323 e. The highest BCUT2D eigenvalue weighted by Gasteiger charge is 2.22. The Balaban J connectivity index is 3.01. The molecule has 0 aromatic heterocycles. The Kier molecular flexibility index (Phi) is 6.92. The van der Waals surface area contributed by atoms with E-state index in [0.29, 0.717) is 6.42 Å². The van der Waals surface area contributed by atoms with Crippen LogP contribution in [0.3, 0.4) is 0 Å². The van der Waals surface area contributed by atoms with E-state index in [-0.39, 0.29) is 22.5 Å². The Morgan fingerprint density at radius 3 is 2.12 bits per heavy atom. The standard InChI is InChI=1S/C16H24N2O5S/c1-5-12(4)17-24(22,23)14-8-6-13(7-9-14)16(21)18(11(2)3)10-15(19)20/h6-9,11-12,17H,5,10H2,1-4H3,(H,19,20). The van der Waals surface area contributed by atoms with Crippen LogP contribution in [-0.2, 0) is 14.8 Å². The summed E-state index contributed by atoms with van der Waals surface area (Å²) in [6.07, 6.45) is 0.661. The Bertz CT molecular complexity index is 683. The van der Waals surface area contributed by atoms with E-state index in [1.807, 2.05) is 6.92 Å². The largest absolute Gasteiger partial charge is 0.480 e. The van der Waals surface area contributed by atoms with Crippen molar-refractivity contribution >= 4 is 21.9 Å². The van der Waals surface area contributed by atoms with Crippen molar-refractivity contribution in [1.82, 2.24) is 9.62 Å². The summed E-state index contributed by atoms with van der Waals surface area (Å²) in [5.41, 5.74) is 0.243. The van der Waals surface area contributed by atoms with E-state index in [4.69, 9.17) is 5.11 Å². The minimum Gasteiger partial charge on any atom is -0.480 e. The summed E-state index contributed by atoms with van der Waals surface area (Å²) in [5, 5.41) is 8.91. The van der Waals surface area contributed by atoms with Crippen LogP contribution in [0.1, 0.15) is 44.5 Å². The lowest BCUT2D eigenvalue weighted by Crippen LogP contribution is -2.40. The molecule has 0 aliphatic heterocycles. The van der Waals surface area contributed by atoms with Crippen molar-refractivity contribution in [2.24, 2.45) is 0 Å². The second kappa shape index (κ2) is 8.25. The van der Waals surface area contributed by atoms with Gasteiger partial charge in [0, 0.05) is 17.6 Å². The van der Waals surface area contributed by atoms with Gasteiger partial charge in [-0.15, -0.1) is 0 Å². The fourth-order valence-corrected chi connectivity index (χ4v) is 3.32. The summed E-state index contributed by atoms with van der Waals surface area (Å²) >= 11 is 0. The van der Waals surface area contributed by atoms with Crippen molar-refractivity contribution in [3.63, 3.8) is 0 Å². The second-order valence-corrected chi connectivity index (χ2v) is 7.59. The molecule has 1 unspecified atom stereocenters. The minimum atomic E-state index is -3.64. The summed E-state index contributed by atoms with van der Waals surface area (Å²) in [7, 11) is -3.64. The molecule has 1 atom stereocenters. The van der Waals surface area contributed by atoms with Crippen molar-refractivity contribution in [2.45, 2.75) is 51.1 Å². The molecule has 1 aromatic rings. The third-order valence-electron chi connectivity index (χ3n) is 3.57. The van der Waals surface area contributed by atoms with Gasteiger partial charge in [0.15, 0.2) is 0 Å². The SMILES string of the molecule is CCC(C)NS(=O)(=O)c1ccc(C(=O)N(CC(=O)O)C(C)C)cc1. The highest BCUT2D eigenvalue weighted by molar-refractivity contribution is 7.89. The van der Waals surface area contributed by atoms with Gasteiger partial charge in [-0.25, -0.2) is 13.1 Å². The van der Waals surface area contributed by atoms with Gasteiger partial charge in [-0.1, -0.05) is 6.92 Å². The van der Waals surface area contributed by atoms with Crippen LogP contribution in [0, 0.1) is 0 Å². The third-order valence-corrected chi connectivity index (χ3v) is 5.18. The lowest BCUT2D eigenvalue weighted by Gasteiger charge is -2.25. The fourth-order valence-electron chi connectivity index (χ4n) is 1.99. The number of hydrogen-bond donors (Lipinski definition) is 2. The molecule has 1 rings (SSSR count). The molecule has 0 aliphatic carbocycles. The van der Waals surface area contributed by atoms with Gasteiger partial charge in [0.25, 0.3) is 5.91 Å². The monoisotopic (exact) mass is 356 g/mol. The number of benzene rings is 1. The Morgan fingerprint density at radius 1 is 1.17 bits per heavy atom. The average Bonchev–Trinajstić information content (AvgIpc) is 2.51. The minimum absolute atomic E-state index is 0.0636. The summed E-state index contributed by atoms with van der Waals surface area (Å²) in [6.45, 7) is 6.66. The summed E-state index contributed by atoms with van der Waals surface area (Å²) < 4.78 is 26.9. The number of carbonyl (C=O) groups is 2. The van der Waals surface area contributed by atoms with E-state index in [2.05, 4.69) is 4.72 Å². The number of sulfonamides is 1. The molecule has 0 spiro atoms. The van der Waals surface area contributed by atoms with Crippen LogP contribution in [0.15, 0.2) is 29.2 Å². The zero-order valence-corrected chi connectivity index (χ0v) is 15.1. The fraction of sp³-hybridized carbons (Fsp3) is 0.500. The van der Waals surface area contributed by atoms with E-state index in [1.54, 1.807) is 20.8 Å². The zero-order valence-electron chi connectivity index (χ0n) is 14.3. The van der Waals surface area contributed by atoms with E-state index < -0.39 is 28.4 Å². The molecule has 8 heteroatoms. The van der Waals surface area contributed by atoms with Gasteiger partial charge in [0.1, 0.15) is 6.54 Å². The number of amides is 1. The van der Waals surface area contributed by atoms with E-state index in [0.717, 1.165) is 0 Å². The average molecular weight is 356 g/mol. The maximum atomic E-state index is 12.4. The second-order valence-electron chi connectivity index (χ2n) is 5.88. The van der Waals surface area contributed by atoms with Gasteiger partial charge >= 0.3 is 5.97 Å². The molecule has 0 bridgehead atoms. The van der Waals surface area contributed by atoms with Gasteiger partial charge in [-0.3, -0.25) is 9.59 Å². The highest BCUT2D eigenvalue weighted by Crippen LogP contribution is 2.14. The van der Waals surface area contributed by atoms with E-state index in [9.17, 15) is 18.0 Å². The quantitative estimate of drug-likeness (QED) is 0.738. The molecule has 24 heavy (non-hydrogen) atoms. The van der Waals surface area contributed by atoms with Crippen molar-refractivity contribution in [2.75, 3.05) is 6.54 Å². The van der Waals surface area contributed by atoms with Crippen molar-refractivity contribution in [1.29, 1.82) is 0 Å². The topological polar surface area (TPSA) is 104 Å². The highest BCUT2D eigenvalue weighted by atomic mass is 32.2.